The van der Waals surface area contributed by atoms with Crippen LogP contribution in [0.2, 0.25) is 5.02 Å². The predicted molar refractivity (Wildman–Crippen MR) is 74.6 cm³/mol. The van der Waals surface area contributed by atoms with Crippen molar-refractivity contribution < 1.29 is 13.5 Å². The van der Waals surface area contributed by atoms with Crippen LogP contribution >= 0.6 is 11.6 Å². The molecule has 1 aliphatic carbocycles. The summed E-state index contributed by atoms with van der Waals surface area (Å²) in [4.78, 5) is 0.145. The molecule has 0 aliphatic heterocycles. The van der Waals surface area contributed by atoms with E-state index in [9.17, 15) is 13.5 Å². The number of aliphatic hydroxyl groups excluding tert-OH is 1. The number of rotatable bonds is 4. The Balaban J connectivity index is 2.38. The molecule has 0 amide bonds. The Morgan fingerprint density at radius 1 is 1.47 bits per heavy atom. The zero-order valence-electron chi connectivity index (χ0n) is 11.2. The molecular formula is C13H18ClNO3S. The number of hydrogen-bond acceptors (Lipinski definition) is 3. The van der Waals surface area contributed by atoms with E-state index in [1.54, 1.807) is 13.0 Å². The third-order valence-electron chi connectivity index (χ3n) is 3.70. The normalized spacial score (nSPS) is 21.4. The van der Waals surface area contributed by atoms with Gasteiger partial charge in [-0.05, 0) is 42.0 Å². The lowest BCUT2D eigenvalue weighted by atomic mass is 10.1. The van der Waals surface area contributed by atoms with Gasteiger partial charge in [-0.2, -0.15) is 0 Å². The van der Waals surface area contributed by atoms with Crippen molar-refractivity contribution in [3.63, 3.8) is 0 Å². The fourth-order valence-corrected chi connectivity index (χ4v) is 4.10. The van der Waals surface area contributed by atoms with Gasteiger partial charge in [0, 0.05) is 11.1 Å². The molecule has 1 unspecified atom stereocenters. The molecule has 2 rings (SSSR count). The molecular weight excluding hydrogens is 286 g/mol. The highest BCUT2D eigenvalue weighted by Crippen LogP contribution is 2.45. The van der Waals surface area contributed by atoms with E-state index >= 15 is 0 Å². The van der Waals surface area contributed by atoms with Gasteiger partial charge in [0.25, 0.3) is 0 Å². The molecule has 0 saturated heterocycles. The summed E-state index contributed by atoms with van der Waals surface area (Å²) in [5, 5.41) is 9.55. The van der Waals surface area contributed by atoms with Crippen molar-refractivity contribution >= 4 is 21.6 Å². The van der Waals surface area contributed by atoms with Crippen LogP contribution in [0.15, 0.2) is 17.0 Å². The predicted octanol–water partition coefficient (Wildman–Crippen LogP) is 2.22. The van der Waals surface area contributed by atoms with Crippen molar-refractivity contribution in [3.05, 3.63) is 28.3 Å². The Bertz CT molecular complexity index is 611. The van der Waals surface area contributed by atoms with Crippen molar-refractivity contribution in [1.82, 2.24) is 4.72 Å². The van der Waals surface area contributed by atoms with E-state index < -0.39 is 10.0 Å². The van der Waals surface area contributed by atoms with E-state index in [0.29, 0.717) is 16.1 Å². The first-order chi connectivity index (χ1) is 8.67. The minimum absolute atomic E-state index is 0.0133. The number of benzene rings is 1. The Morgan fingerprint density at radius 2 is 2.05 bits per heavy atom. The average molecular weight is 304 g/mol. The smallest absolute Gasteiger partial charge is 0.241 e. The van der Waals surface area contributed by atoms with Gasteiger partial charge in [-0.15, -0.1) is 0 Å². The van der Waals surface area contributed by atoms with Crippen LogP contribution in [-0.2, 0) is 16.6 Å². The highest BCUT2D eigenvalue weighted by atomic mass is 35.5. The lowest BCUT2D eigenvalue weighted by Crippen LogP contribution is -2.29. The summed E-state index contributed by atoms with van der Waals surface area (Å²) in [6.45, 7) is 5.48. The maximum Gasteiger partial charge on any atom is 0.241 e. The number of halogens is 1. The van der Waals surface area contributed by atoms with Gasteiger partial charge in [0.15, 0.2) is 0 Å². The van der Waals surface area contributed by atoms with Crippen LogP contribution in [-0.4, -0.2) is 19.6 Å². The molecule has 1 aromatic rings. The highest BCUT2D eigenvalue weighted by molar-refractivity contribution is 7.89. The number of nitrogens with one attached hydrogen (secondary N) is 1. The molecule has 19 heavy (non-hydrogen) atoms. The van der Waals surface area contributed by atoms with E-state index in [1.807, 2.05) is 13.8 Å². The summed E-state index contributed by atoms with van der Waals surface area (Å²) in [5.74, 6) is 0. The first kappa shape index (κ1) is 14.8. The molecule has 1 aliphatic rings. The van der Waals surface area contributed by atoms with Crippen LogP contribution in [0, 0.1) is 12.3 Å². The van der Waals surface area contributed by atoms with Crippen molar-refractivity contribution in [2.45, 2.75) is 44.7 Å². The van der Waals surface area contributed by atoms with Gasteiger partial charge >= 0.3 is 0 Å². The summed E-state index contributed by atoms with van der Waals surface area (Å²) in [6.07, 6.45) is 0.832. The highest BCUT2D eigenvalue weighted by Gasteiger charge is 2.48. The number of sulfonamides is 1. The largest absolute Gasteiger partial charge is 0.392 e. The number of hydrogen-bond donors (Lipinski definition) is 2. The zero-order valence-corrected chi connectivity index (χ0v) is 12.8. The average Bonchev–Trinajstić information content (AvgIpc) is 2.87. The molecule has 0 aromatic heterocycles. The molecule has 0 radical (unpaired) electrons. The fourth-order valence-electron chi connectivity index (χ4n) is 2.07. The molecule has 4 nitrogen and oxygen atoms in total. The Labute approximate surface area is 118 Å². The third-order valence-corrected chi connectivity index (χ3v) is 5.52. The van der Waals surface area contributed by atoms with E-state index in [2.05, 4.69) is 4.72 Å². The SMILES string of the molecule is Cc1c(CO)cc(Cl)cc1S(=O)(=O)NC1CC1(C)C. The second kappa shape index (κ2) is 4.74. The second-order valence-corrected chi connectivity index (χ2v) is 7.83. The van der Waals surface area contributed by atoms with Crippen LogP contribution in [0.3, 0.4) is 0 Å². The fraction of sp³-hybridized carbons (Fsp3) is 0.538. The van der Waals surface area contributed by atoms with E-state index in [0.717, 1.165) is 6.42 Å². The molecule has 1 aromatic carbocycles. The lowest BCUT2D eigenvalue weighted by molar-refractivity contribution is 0.280. The first-order valence-corrected chi connectivity index (χ1v) is 7.96. The van der Waals surface area contributed by atoms with Crippen molar-refractivity contribution in [1.29, 1.82) is 0 Å². The summed E-state index contributed by atoms with van der Waals surface area (Å²) in [7, 11) is -3.60. The number of aliphatic hydroxyl groups is 1. The van der Waals surface area contributed by atoms with Crippen LogP contribution in [0.5, 0.6) is 0 Å². The van der Waals surface area contributed by atoms with E-state index in [-0.39, 0.29) is 23.0 Å². The third kappa shape index (κ3) is 2.94. The molecule has 106 valence electrons. The van der Waals surface area contributed by atoms with Gasteiger partial charge in [0.05, 0.1) is 11.5 Å². The van der Waals surface area contributed by atoms with E-state index in [1.165, 1.54) is 6.07 Å². The van der Waals surface area contributed by atoms with Crippen LogP contribution in [0.1, 0.15) is 31.4 Å². The van der Waals surface area contributed by atoms with Gasteiger partial charge in [-0.3, -0.25) is 0 Å². The Kier molecular flexibility index (Phi) is 3.68. The Morgan fingerprint density at radius 3 is 2.53 bits per heavy atom. The summed E-state index contributed by atoms with van der Waals surface area (Å²) in [5.41, 5.74) is 1.08. The van der Waals surface area contributed by atoms with Crippen molar-refractivity contribution in [2.75, 3.05) is 0 Å². The molecule has 0 spiro atoms. The summed E-state index contributed by atoms with van der Waals surface area (Å²) >= 11 is 5.91. The van der Waals surface area contributed by atoms with Gasteiger partial charge in [-0.25, -0.2) is 13.1 Å². The van der Waals surface area contributed by atoms with Gasteiger partial charge in [0.1, 0.15) is 0 Å². The van der Waals surface area contributed by atoms with Gasteiger partial charge in [0.2, 0.25) is 10.0 Å². The van der Waals surface area contributed by atoms with Crippen molar-refractivity contribution in [2.24, 2.45) is 5.41 Å². The van der Waals surface area contributed by atoms with Gasteiger partial charge < -0.3 is 5.11 Å². The minimum atomic E-state index is -3.60. The molecule has 1 fully saturated rings. The molecule has 1 saturated carbocycles. The molecule has 0 bridgehead atoms. The summed E-state index contributed by atoms with van der Waals surface area (Å²) in [6, 6.07) is 2.97. The molecule has 1 atom stereocenters. The second-order valence-electron chi connectivity index (χ2n) is 5.71. The van der Waals surface area contributed by atoms with Crippen LogP contribution < -0.4 is 4.72 Å². The Hall–Kier alpha value is -0.620. The zero-order chi connectivity index (χ0) is 14.4. The molecule has 2 N–H and O–H groups in total. The standard InChI is InChI=1S/C13H18ClNO3S/c1-8-9(7-16)4-10(14)5-11(8)19(17,18)15-12-6-13(12,2)3/h4-5,12,15-16H,6-7H2,1-3H3. The molecule has 0 heterocycles. The quantitative estimate of drug-likeness (QED) is 0.896. The topological polar surface area (TPSA) is 66.4 Å². The maximum atomic E-state index is 12.4. The van der Waals surface area contributed by atoms with Gasteiger partial charge in [-0.1, -0.05) is 25.4 Å². The summed E-state index contributed by atoms with van der Waals surface area (Å²) < 4.78 is 27.4. The minimum Gasteiger partial charge on any atom is -0.392 e. The van der Waals surface area contributed by atoms with E-state index in [4.69, 9.17) is 11.6 Å². The maximum absolute atomic E-state index is 12.4. The lowest BCUT2D eigenvalue weighted by Gasteiger charge is -2.13. The van der Waals surface area contributed by atoms with Crippen LogP contribution in [0.25, 0.3) is 0 Å². The van der Waals surface area contributed by atoms with Crippen LogP contribution in [0.4, 0.5) is 0 Å². The van der Waals surface area contributed by atoms with Crippen molar-refractivity contribution in [3.8, 4) is 0 Å². The monoisotopic (exact) mass is 303 g/mol. The molecule has 6 heteroatoms. The first-order valence-electron chi connectivity index (χ1n) is 6.09.